The SMILES string of the molecule is C[C@H](/C=C/c1ccccc1)c1cc(N(C)C)ccn1. The quantitative estimate of drug-likeness (QED) is 0.818. The molecule has 2 rings (SSSR count). The van der Waals surface area contributed by atoms with Crippen LogP contribution in [0.15, 0.2) is 54.7 Å². The smallest absolute Gasteiger partial charge is 0.0490 e. The number of hydrogen-bond acceptors (Lipinski definition) is 2. The lowest BCUT2D eigenvalue weighted by Gasteiger charge is -2.14. The van der Waals surface area contributed by atoms with Gasteiger partial charge in [-0.05, 0) is 17.7 Å². The summed E-state index contributed by atoms with van der Waals surface area (Å²) in [5, 5.41) is 0. The van der Waals surface area contributed by atoms with Crippen LogP contribution >= 0.6 is 0 Å². The molecule has 98 valence electrons. The molecule has 0 bridgehead atoms. The molecule has 2 aromatic rings. The number of anilines is 1. The molecule has 0 amide bonds. The molecule has 2 nitrogen and oxygen atoms in total. The van der Waals surface area contributed by atoms with E-state index in [9.17, 15) is 0 Å². The van der Waals surface area contributed by atoms with Crippen molar-refractivity contribution in [2.45, 2.75) is 12.8 Å². The molecule has 1 aromatic heterocycles. The van der Waals surface area contributed by atoms with Crippen LogP contribution in [0.3, 0.4) is 0 Å². The Morgan fingerprint density at radius 3 is 2.53 bits per heavy atom. The Bertz CT molecular complexity index is 544. The first-order valence-electron chi connectivity index (χ1n) is 6.53. The number of benzene rings is 1. The zero-order valence-electron chi connectivity index (χ0n) is 11.7. The van der Waals surface area contributed by atoms with E-state index in [0.29, 0.717) is 5.92 Å². The molecule has 0 saturated heterocycles. The van der Waals surface area contributed by atoms with Crippen molar-refractivity contribution in [2.75, 3.05) is 19.0 Å². The Morgan fingerprint density at radius 1 is 1.11 bits per heavy atom. The van der Waals surface area contributed by atoms with E-state index >= 15 is 0 Å². The van der Waals surface area contributed by atoms with E-state index in [1.54, 1.807) is 0 Å². The summed E-state index contributed by atoms with van der Waals surface area (Å²) in [5.41, 5.74) is 3.50. The molecule has 0 aliphatic carbocycles. The van der Waals surface area contributed by atoms with Gasteiger partial charge in [0.2, 0.25) is 0 Å². The predicted octanol–water partition coefficient (Wildman–Crippen LogP) is 3.96. The predicted molar refractivity (Wildman–Crippen MR) is 82.5 cm³/mol. The summed E-state index contributed by atoms with van der Waals surface area (Å²) in [6, 6.07) is 14.5. The fourth-order valence-corrected chi connectivity index (χ4v) is 1.88. The van der Waals surface area contributed by atoms with E-state index in [0.717, 1.165) is 5.69 Å². The minimum Gasteiger partial charge on any atom is -0.378 e. The number of aromatic nitrogens is 1. The molecule has 0 unspecified atom stereocenters. The van der Waals surface area contributed by atoms with Crippen LogP contribution < -0.4 is 4.90 Å². The molecule has 0 N–H and O–H groups in total. The maximum atomic E-state index is 4.46. The zero-order valence-corrected chi connectivity index (χ0v) is 11.7. The average molecular weight is 252 g/mol. The molecule has 2 heteroatoms. The van der Waals surface area contributed by atoms with Gasteiger partial charge in [-0.1, -0.05) is 49.4 Å². The van der Waals surface area contributed by atoms with Gasteiger partial charge in [-0.3, -0.25) is 4.98 Å². The van der Waals surface area contributed by atoms with E-state index in [4.69, 9.17) is 0 Å². The van der Waals surface area contributed by atoms with Gasteiger partial charge in [-0.25, -0.2) is 0 Å². The summed E-state index contributed by atoms with van der Waals surface area (Å²) in [7, 11) is 4.09. The van der Waals surface area contributed by atoms with Crippen LogP contribution in [0.5, 0.6) is 0 Å². The Labute approximate surface area is 115 Å². The largest absolute Gasteiger partial charge is 0.378 e. The molecule has 0 fully saturated rings. The second kappa shape index (κ2) is 6.19. The van der Waals surface area contributed by atoms with Gasteiger partial charge in [0.05, 0.1) is 0 Å². The van der Waals surface area contributed by atoms with Crippen molar-refractivity contribution < 1.29 is 0 Å². The highest BCUT2D eigenvalue weighted by Gasteiger charge is 2.05. The molecule has 0 aliphatic rings. The van der Waals surface area contributed by atoms with Crippen LogP contribution in [-0.4, -0.2) is 19.1 Å². The van der Waals surface area contributed by atoms with E-state index in [1.165, 1.54) is 11.3 Å². The Hall–Kier alpha value is -2.09. The number of hydrogen-bond donors (Lipinski definition) is 0. The van der Waals surface area contributed by atoms with Crippen LogP contribution in [0.1, 0.15) is 24.1 Å². The van der Waals surface area contributed by atoms with Gasteiger partial charge in [0.25, 0.3) is 0 Å². The first-order chi connectivity index (χ1) is 9.16. The van der Waals surface area contributed by atoms with Crippen molar-refractivity contribution in [1.82, 2.24) is 4.98 Å². The van der Waals surface area contributed by atoms with Crippen molar-refractivity contribution >= 4 is 11.8 Å². The van der Waals surface area contributed by atoms with Crippen molar-refractivity contribution in [1.29, 1.82) is 0 Å². The highest BCUT2D eigenvalue weighted by atomic mass is 15.1. The number of pyridine rings is 1. The van der Waals surface area contributed by atoms with Crippen LogP contribution in [0.2, 0.25) is 0 Å². The molecule has 1 aromatic carbocycles. The van der Waals surface area contributed by atoms with Crippen molar-refractivity contribution in [3.8, 4) is 0 Å². The minimum atomic E-state index is 0.306. The lowest BCUT2D eigenvalue weighted by Crippen LogP contribution is -2.09. The highest BCUT2D eigenvalue weighted by Crippen LogP contribution is 2.20. The summed E-state index contributed by atoms with van der Waals surface area (Å²) in [5.74, 6) is 0.306. The normalized spacial score (nSPS) is 12.6. The third-order valence-corrected chi connectivity index (χ3v) is 3.12. The molecule has 1 atom stereocenters. The van der Waals surface area contributed by atoms with E-state index < -0.39 is 0 Å². The number of allylic oxidation sites excluding steroid dienone is 1. The van der Waals surface area contributed by atoms with Gasteiger partial charge >= 0.3 is 0 Å². The Kier molecular flexibility index (Phi) is 4.35. The zero-order chi connectivity index (χ0) is 13.7. The molecular formula is C17H20N2. The minimum absolute atomic E-state index is 0.306. The van der Waals surface area contributed by atoms with Crippen LogP contribution in [0.25, 0.3) is 6.08 Å². The molecule has 0 radical (unpaired) electrons. The first kappa shape index (κ1) is 13.3. The third-order valence-electron chi connectivity index (χ3n) is 3.12. The Morgan fingerprint density at radius 2 is 1.84 bits per heavy atom. The van der Waals surface area contributed by atoms with Gasteiger partial charge in [0.1, 0.15) is 0 Å². The lowest BCUT2D eigenvalue weighted by atomic mass is 10.0. The summed E-state index contributed by atoms with van der Waals surface area (Å²) in [4.78, 5) is 6.55. The summed E-state index contributed by atoms with van der Waals surface area (Å²) < 4.78 is 0. The molecule has 0 saturated carbocycles. The van der Waals surface area contributed by atoms with Gasteiger partial charge in [0.15, 0.2) is 0 Å². The monoisotopic (exact) mass is 252 g/mol. The van der Waals surface area contributed by atoms with Crippen LogP contribution in [0, 0.1) is 0 Å². The maximum Gasteiger partial charge on any atom is 0.0490 e. The Balaban J connectivity index is 2.14. The maximum absolute atomic E-state index is 4.46. The van der Waals surface area contributed by atoms with Crippen molar-refractivity contribution in [3.05, 3.63) is 66.0 Å². The summed E-state index contributed by atoms with van der Waals surface area (Å²) >= 11 is 0. The fraction of sp³-hybridized carbons (Fsp3) is 0.235. The molecule has 0 aliphatic heterocycles. The van der Waals surface area contributed by atoms with Gasteiger partial charge in [-0.15, -0.1) is 0 Å². The standard InChI is InChI=1S/C17H20N2/c1-14(9-10-15-7-5-4-6-8-15)17-13-16(19(2)3)11-12-18-17/h4-14H,1-3H3/b10-9+/t14-/m1/s1. The first-order valence-corrected chi connectivity index (χ1v) is 6.53. The lowest BCUT2D eigenvalue weighted by molar-refractivity contribution is 0.907. The second-order valence-electron chi connectivity index (χ2n) is 4.89. The number of rotatable bonds is 4. The third kappa shape index (κ3) is 3.68. The van der Waals surface area contributed by atoms with Gasteiger partial charge < -0.3 is 4.90 Å². The van der Waals surface area contributed by atoms with Crippen molar-refractivity contribution in [2.24, 2.45) is 0 Å². The summed E-state index contributed by atoms with van der Waals surface area (Å²) in [6.07, 6.45) is 6.21. The average Bonchev–Trinajstić information content (AvgIpc) is 2.46. The van der Waals surface area contributed by atoms with Gasteiger partial charge in [0, 0.05) is 37.6 Å². The van der Waals surface area contributed by atoms with Crippen molar-refractivity contribution in [3.63, 3.8) is 0 Å². The molecule has 0 spiro atoms. The van der Waals surface area contributed by atoms with Crippen LogP contribution in [0.4, 0.5) is 5.69 Å². The fourth-order valence-electron chi connectivity index (χ4n) is 1.88. The van der Waals surface area contributed by atoms with E-state index in [-0.39, 0.29) is 0 Å². The molecule has 1 heterocycles. The molecule has 19 heavy (non-hydrogen) atoms. The number of nitrogens with zero attached hydrogens (tertiary/aromatic N) is 2. The van der Waals surface area contributed by atoms with Gasteiger partial charge in [-0.2, -0.15) is 0 Å². The summed E-state index contributed by atoms with van der Waals surface area (Å²) in [6.45, 7) is 2.17. The molecular weight excluding hydrogens is 232 g/mol. The second-order valence-corrected chi connectivity index (χ2v) is 4.89. The van der Waals surface area contributed by atoms with Crippen LogP contribution in [-0.2, 0) is 0 Å². The van der Waals surface area contributed by atoms with E-state index in [2.05, 4.69) is 59.3 Å². The topological polar surface area (TPSA) is 16.1 Å². The highest BCUT2D eigenvalue weighted by molar-refractivity contribution is 5.51. The van der Waals surface area contributed by atoms with E-state index in [1.807, 2.05) is 32.4 Å².